The topological polar surface area (TPSA) is 12.5 Å². The molecule has 2 saturated heterocycles. The van der Waals surface area contributed by atoms with Gasteiger partial charge in [0, 0.05) is 26.1 Å². The molecule has 52 valence electrons. The Bertz CT molecular complexity index is 115. The van der Waals surface area contributed by atoms with Gasteiger partial charge in [-0.05, 0) is 13.0 Å². The molecule has 0 aromatic heterocycles. The second-order valence-electron chi connectivity index (χ2n) is 3.08. The van der Waals surface area contributed by atoms with Gasteiger partial charge in [-0.1, -0.05) is 0 Å². The summed E-state index contributed by atoms with van der Waals surface area (Å²) in [6, 6.07) is 0. The lowest BCUT2D eigenvalue weighted by Gasteiger charge is -2.19. The smallest absolute Gasteiger partial charge is 0.0738 e. The van der Waals surface area contributed by atoms with Gasteiger partial charge in [0.05, 0.1) is 6.10 Å². The first-order valence-corrected chi connectivity index (χ1v) is 3.65. The fourth-order valence-electron chi connectivity index (χ4n) is 2.00. The van der Waals surface area contributed by atoms with Crippen LogP contribution in [0.2, 0.25) is 0 Å². The van der Waals surface area contributed by atoms with Crippen molar-refractivity contribution in [1.82, 2.24) is 4.90 Å². The molecule has 2 heterocycles. The van der Waals surface area contributed by atoms with E-state index in [1.54, 1.807) is 0 Å². The van der Waals surface area contributed by atoms with E-state index in [0.29, 0.717) is 6.10 Å². The van der Waals surface area contributed by atoms with Gasteiger partial charge in [0.1, 0.15) is 0 Å². The van der Waals surface area contributed by atoms with Gasteiger partial charge in [-0.15, -0.1) is 0 Å². The molecule has 0 saturated carbocycles. The first-order chi connectivity index (χ1) is 4.40. The first kappa shape index (κ1) is 5.69. The molecule has 0 amide bonds. The number of nitrogens with zero attached hydrogens (tertiary/aromatic N) is 1. The third-order valence-electron chi connectivity index (χ3n) is 2.58. The van der Waals surface area contributed by atoms with Crippen molar-refractivity contribution < 1.29 is 4.74 Å². The molecule has 3 atom stereocenters. The SMILES string of the molecule is COC1CN2CCC1C2. The van der Waals surface area contributed by atoms with Crippen molar-refractivity contribution in [2.75, 3.05) is 26.7 Å². The zero-order chi connectivity index (χ0) is 6.27. The van der Waals surface area contributed by atoms with E-state index in [2.05, 4.69) is 4.90 Å². The first-order valence-electron chi connectivity index (χ1n) is 3.65. The van der Waals surface area contributed by atoms with Crippen molar-refractivity contribution in [1.29, 1.82) is 0 Å². The van der Waals surface area contributed by atoms with E-state index in [-0.39, 0.29) is 0 Å². The van der Waals surface area contributed by atoms with Crippen LogP contribution >= 0.6 is 0 Å². The number of piperidine rings is 1. The number of ether oxygens (including phenoxy) is 1. The van der Waals surface area contributed by atoms with Crippen LogP contribution in [-0.2, 0) is 4.74 Å². The fraction of sp³-hybridized carbons (Fsp3) is 1.00. The fourth-order valence-corrected chi connectivity index (χ4v) is 2.00. The number of hydrogen-bond donors (Lipinski definition) is 0. The van der Waals surface area contributed by atoms with Crippen LogP contribution in [0.25, 0.3) is 0 Å². The van der Waals surface area contributed by atoms with Crippen molar-refractivity contribution in [2.24, 2.45) is 5.92 Å². The molecule has 2 rings (SSSR count). The van der Waals surface area contributed by atoms with E-state index in [9.17, 15) is 0 Å². The summed E-state index contributed by atoms with van der Waals surface area (Å²) in [6.45, 7) is 3.78. The molecule has 0 aromatic carbocycles. The van der Waals surface area contributed by atoms with Crippen LogP contribution in [0.15, 0.2) is 0 Å². The normalized spacial score (nSPS) is 48.3. The van der Waals surface area contributed by atoms with Gasteiger partial charge in [0.2, 0.25) is 0 Å². The minimum atomic E-state index is 0.554. The molecular weight excluding hydrogens is 114 g/mol. The van der Waals surface area contributed by atoms with Crippen LogP contribution in [0.4, 0.5) is 0 Å². The summed E-state index contributed by atoms with van der Waals surface area (Å²) < 4.78 is 5.30. The summed E-state index contributed by atoms with van der Waals surface area (Å²) in [5.74, 6) is 0.856. The van der Waals surface area contributed by atoms with Gasteiger partial charge >= 0.3 is 0 Å². The maximum absolute atomic E-state index is 5.30. The summed E-state index contributed by atoms with van der Waals surface area (Å²) in [4.78, 5) is 2.48. The lowest BCUT2D eigenvalue weighted by molar-refractivity contribution is 0.0623. The van der Waals surface area contributed by atoms with Crippen molar-refractivity contribution in [3.63, 3.8) is 0 Å². The van der Waals surface area contributed by atoms with Crippen molar-refractivity contribution in [3.05, 3.63) is 0 Å². The maximum atomic E-state index is 5.30. The lowest BCUT2D eigenvalue weighted by atomic mass is 10.0. The lowest BCUT2D eigenvalue weighted by Crippen LogP contribution is -2.28. The Hall–Kier alpha value is -0.0800. The Morgan fingerprint density at radius 1 is 1.44 bits per heavy atom. The highest BCUT2D eigenvalue weighted by atomic mass is 16.5. The van der Waals surface area contributed by atoms with E-state index in [1.165, 1.54) is 26.1 Å². The predicted molar refractivity (Wildman–Crippen MR) is 35.3 cm³/mol. The Kier molecular flexibility index (Phi) is 1.24. The molecule has 3 unspecified atom stereocenters. The van der Waals surface area contributed by atoms with Gasteiger partial charge in [-0.25, -0.2) is 0 Å². The second-order valence-corrected chi connectivity index (χ2v) is 3.08. The van der Waals surface area contributed by atoms with Crippen LogP contribution in [0.3, 0.4) is 0 Å². The monoisotopic (exact) mass is 127 g/mol. The van der Waals surface area contributed by atoms with E-state index in [1.807, 2.05) is 7.11 Å². The van der Waals surface area contributed by atoms with Crippen LogP contribution in [0, 0.1) is 5.92 Å². The van der Waals surface area contributed by atoms with Gasteiger partial charge in [-0.3, -0.25) is 0 Å². The van der Waals surface area contributed by atoms with Gasteiger partial charge in [0.15, 0.2) is 0 Å². The molecule has 2 fully saturated rings. The minimum Gasteiger partial charge on any atom is -0.380 e. The van der Waals surface area contributed by atoms with E-state index >= 15 is 0 Å². The van der Waals surface area contributed by atoms with Crippen molar-refractivity contribution in [2.45, 2.75) is 12.5 Å². The predicted octanol–water partition coefficient (Wildman–Crippen LogP) is 0.337. The number of fused-ring (bicyclic) bond motifs is 2. The molecular formula is C7H13NO. The van der Waals surface area contributed by atoms with Gasteiger partial charge in [-0.2, -0.15) is 0 Å². The van der Waals surface area contributed by atoms with Crippen LogP contribution in [0.1, 0.15) is 6.42 Å². The molecule has 2 aliphatic rings. The molecule has 2 bridgehead atoms. The van der Waals surface area contributed by atoms with Crippen molar-refractivity contribution >= 4 is 0 Å². The molecule has 0 spiro atoms. The Morgan fingerprint density at radius 2 is 2.33 bits per heavy atom. The molecule has 9 heavy (non-hydrogen) atoms. The van der Waals surface area contributed by atoms with Gasteiger partial charge < -0.3 is 9.64 Å². The molecule has 0 aromatic rings. The van der Waals surface area contributed by atoms with E-state index in [0.717, 1.165) is 5.92 Å². The van der Waals surface area contributed by atoms with E-state index in [4.69, 9.17) is 4.74 Å². The zero-order valence-corrected chi connectivity index (χ0v) is 5.84. The largest absolute Gasteiger partial charge is 0.380 e. The average Bonchev–Trinajstić information content (AvgIpc) is 2.45. The molecule has 2 aliphatic heterocycles. The Morgan fingerprint density at radius 3 is 2.67 bits per heavy atom. The van der Waals surface area contributed by atoms with E-state index < -0.39 is 0 Å². The Labute approximate surface area is 55.8 Å². The summed E-state index contributed by atoms with van der Waals surface area (Å²) in [7, 11) is 1.83. The molecule has 0 N–H and O–H groups in total. The van der Waals surface area contributed by atoms with Crippen molar-refractivity contribution in [3.8, 4) is 0 Å². The third kappa shape index (κ3) is 0.775. The van der Waals surface area contributed by atoms with Crippen LogP contribution in [-0.4, -0.2) is 37.7 Å². The highest BCUT2D eigenvalue weighted by molar-refractivity contribution is 4.90. The number of rotatable bonds is 1. The van der Waals surface area contributed by atoms with Crippen LogP contribution in [0.5, 0.6) is 0 Å². The highest BCUT2D eigenvalue weighted by Crippen LogP contribution is 2.29. The standard InChI is InChI=1S/C7H13NO/c1-9-7-5-8-3-2-6(7)4-8/h6-7H,2-5H2,1H3. The number of hydrogen-bond acceptors (Lipinski definition) is 2. The maximum Gasteiger partial charge on any atom is 0.0738 e. The molecule has 2 heteroatoms. The quantitative estimate of drug-likeness (QED) is 0.503. The second kappa shape index (κ2) is 1.96. The average molecular weight is 127 g/mol. The van der Waals surface area contributed by atoms with Crippen LogP contribution < -0.4 is 0 Å². The minimum absolute atomic E-state index is 0.554. The number of methoxy groups -OCH3 is 1. The Balaban J connectivity index is 2.01. The summed E-state index contributed by atoms with van der Waals surface area (Å²) in [5, 5.41) is 0. The molecule has 0 radical (unpaired) electrons. The summed E-state index contributed by atoms with van der Waals surface area (Å²) >= 11 is 0. The van der Waals surface area contributed by atoms with Gasteiger partial charge in [0.25, 0.3) is 0 Å². The summed E-state index contributed by atoms with van der Waals surface area (Å²) in [6.07, 6.45) is 1.91. The zero-order valence-electron chi connectivity index (χ0n) is 5.84. The molecule has 2 nitrogen and oxygen atoms in total. The highest BCUT2D eigenvalue weighted by Gasteiger charge is 2.37. The molecule has 0 aliphatic carbocycles. The summed E-state index contributed by atoms with van der Waals surface area (Å²) in [5.41, 5.74) is 0. The third-order valence-corrected chi connectivity index (χ3v) is 2.58.